The minimum atomic E-state index is -0.200. The van der Waals surface area contributed by atoms with E-state index in [0.717, 1.165) is 18.0 Å². The van der Waals surface area contributed by atoms with E-state index in [9.17, 15) is 4.79 Å². The molecule has 0 bridgehead atoms. The normalized spacial score (nSPS) is 19.3. The molecule has 1 unspecified atom stereocenters. The van der Waals surface area contributed by atoms with Crippen molar-refractivity contribution in [2.75, 3.05) is 33.5 Å². The Bertz CT molecular complexity index is 401. The van der Waals surface area contributed by atoms with Crippen LogP contribution >= 0.6 is 11.3 Å². The fraction of sp³-hybridized carbons (Fsp3) is 0.615. The molecule has 0 amide bonds. The number of ether oxygens (including phenoxy) is 3. The van der Waals surface area contributed by atoms with E-state index in [1.807, 2.05) is 12.1 Å². The number of esters is 1. The Morgan fingerprint density at radius 1 is 1.47 bits per heavy atom. The van der Waals surface area contributed by atoms with Crippen LogP contribution in [-0.4, -0.2) is 45.5 Å². The summed E-state index contributed by atoms with van der Waals surface area (Å²) >= 11 is 1.63. The molecule has 106 valence electrons. The van der Waals surface area contributed by atoms with Gasteiger partial charge in [-0.05, 0) is 12.1 Å². The van der Waals surface area contributed by atoms with E-state index in [1.165, 1.54) is 12.0 Å². The quantitative estimate of drug-likeness (QED) is 0.789. The highest BCUT2D eigenvalue weighted by Gasteiger charge is 2.13. The number of thiophene rings is 1. The van der Waals surface area contributed by atoms with Crippen molar-refractivity contribution in [3.05, 3.63) is 21.9 Å². The number of carbonyl (C=O) groups is 1. The van der Waals surface area contributed by atoms with Gasteiger partial charge in [0.1, 0.15) is 0 Å². The number of rotatable bonds is 6. The first-order valence-corrected chi connectivity index (χ1v) is 7.14. The van der Waals surface area contributed by atoms with Gasteiger partial charge >= 0.3 is 5.97 Å². The minimum Gasteiger partial charge on any atom is -0.469 e. The van der Waals surface area contributed by atoms with Gasteiger partial charge in [0.05, 0.1) is 39.5 Å². The van der Waals surface area contributed by atoms with Crippen molar-refractivity contribution in [1.29, 1.82) is 0 Å². The lowest BCUT2D eigenvalue weighted by Gasteiger charge is -2.23. The van der Waals surface area contributed by atoms with Crippen molar-refractivity contribution < 1.29 is 19.0 Å². The van der Waals surface area contributed by atoms with Gasteiger partial charge in [0.25, 0.3) is 0 Å². The Morgan fingerprint density at radius 2 is 2.32 bits per heavy atom. The van der Waals surface area contributed by atoms with Crippen LogP contribution in [0.25, 0.3) is 0 Å². The summed E-state index contributed by atoms with van der Waals surface area (Å²) < 4.78 is 15.5. The molecule has 0 radical (unpaired) electrons. The molecule has 1 aromatic heterocycles. The third-order valence-corrected chi connectivity index (χ3v) is 3.90. The van der Waals surface area contributed by atoms with E-state index in [4.69, 9.17) is 9.47 Å². The number of hydrogen-bond acceptors (Lipinski definition) is 6. The highest BCUT2D eigenvalue weighted by atomic mass is 32.1. The maximum atomic E-state index is 11.1. The van der Waals surface area contributed by atoms with Crippen LogP contribution in [0.5, 0.6) is 0 Å². The Kier molecular flexibility index (Phi) is 5.78. The molecular formula is C13H19NO4S. The molecule has 2 rings (SSSR count). The molecule has 0 saturated carbocycles. The van der Waals surface area contributed by atoms with E-state index >= 15 is 0 Å². The minimum absolute atomic E-state index is 0.142. The molecule has 1 fully saturated rings. The monoisotopic (exact) mass is 285 g/mol. The van der Waals surface area contributed by atoms with Gasteiger partial charge in [-0.2, -0.15) is 0 Å². The molecule has 0 spiro atoms. The largest absolute Gasteiger partial charge is 0.469 e. The first-order valence-electron chi connectivity index (χ1n) is 6.32. The first-order chi connectivity index (χ1) is 9.28. The van der Waals surface area contributed by atoms with Crippen molar-refractivity contribution in [2.24, 2.45) is 0 Å². The third-order valence-electron chi connectivity index (χ3n) is 2.82. The van der Waals surface area contributed by atoms with E-state index < -0.39 is 0 Å². The molecule has 6 heteroatoms. The molecule has 1 aromatic rings. The summed E-state index contributed by atoms with van der Waals surface area (Å²) in [4.78, 5) is 13.4. The Labute approximate surface area is 116 Å². The summed E-state index contributed by atoms with van der Waals surface area (Å²) in [5, 5.41) is 3.34. The van der Waals surface area contributed by atoms with E-state index in [1.54, 1.807) is 11.3 Å². The first kappa shape index (κ1) is 14.5. The van der Waals surface area contributed by atoms with Crippen LogP contribution in [-0.2, 0) is 32.0 Å². The molecule has 1 atom stereocenters. The van der Waals surface area contributed by atoms with Crippen LogP contribution in [0, 0.1) is 0 Å². The van der Waals surface area contributed by atoms with Crippen LogP contribution in [0.2, 0.25) is 0 Å². The zero-order chi connectivity index (χ0) is 13.5. The second kappa shape index (κ2) is 7.59. The van der Waals surface area contributed by atoms with Gasteiger partial charge in [-0.3, -0.25) is 4.79 Å². The smallest absolute Gasteiger partial charge is 0.310 e. The van der Waals surface area contributed by atoms with Crippen LogP contribution in [0.15, 0.2) is 12.1 Å². The van der Waals surface area contributed by atoms with Crippen molar-refractivity contribution in [3.8, 4) is 0 Å². The Balaban J connectivity index is 1.69. The van der Waals surface area contributed by atoms with E-state index in [-0.39, 0.29) is 12.1 Å². The van der Waals surface area contributed by atoms with Gasteiger partial charge in [-0.15, -0.1) is 11.3 Å². The van der Waals surface area contributed by atoms with Gasteiger partial charge in [0.2, 0.25) is 0 Å². The topological polar surface area (TPSA) is 56.8 Å². The van der Waals surface area contributed by atoms with Crippen molar-refractivity contribution in [2.45, 2.75) is 19.1 Å². The summed E-state index contributed by atoms with van der Waals surface area (Å²) in [6.45, 7) is 3.59. The molecule has 1 aliphatic heterocycles. The highest BCUT2D eigenvalue weighted by molar-refractivity contribution is 7.12. The Hall–Kier alpha value is -0.950. The number of methoxy groups -OCH3 is 1. The van der Waals surface area contributed by atoms with E-state index in [2.05, 4.69) is 10.1 Å². The standard InChI is InChI=1S/C13H19NO4S/c1-16-13(15)6-11-2-3-12(19-11)8-14-7-10-9-17-4-5-18-10/h2-3,10,14H,4-9H2,1H3. The van der Waals surface area contributed by atoms with Crippen LogP contribution in [0.4, 0.5) is 0 Å². The van der Waals surface area contributed by atoms with Gasteiger partial charge in [-0.1, -0.05) is 0 Å². The van der Waals surface area contributed by atoms with E-state index in [0.29, 0.717) is 26.2 Å². The predicted octanol–water partition coefficient (Wildman–Crippen LogP) is 0.969. The molecule has 1 N–H and O–H groups in total. The molecule has 19 heavy (non-hydrogen) atoms. The van der Waals surface area contributed by atoms with Crippen molar-refractivity contribution >= 4 is 17.3 Å². The van der Waals surface area contributed by atoms with Gasteiger partial charge in [-0.25, -0.2) is 0 Å². The predicted molar refractivity (Wildman–Crippen MR) is 72.3 cm³/mol. The highest BCUT2D eigenvalue weighted by Crippen LogP contribution is 2.17. The second-order valence-corrected chi connectivity index (χ2v) is 5.57. The molecule has 1 aliphatic rings. The molecular weight excluding hydrogens is 266 g/mol. The van der Waals surface area contributed by atoms with Crippen LogP contribution in [0.3, 0.4) is 0 Å². The molecule has 0 aromatic carbocycles. The number of nitrogens with one attached hydrogen (secondary N) is 1. The van der Waals surface area contributed by atoms with Gasteiger partial charge < -0.3 is 19.5 Å². The lowest BCUT2D eigenvalue weighted by molar-refractivity contribution is -0.139. The molecule has 0 aliphatic carbocycles. The summed E-state index contributed by atoms with van der Waals surface area (Å²) in [7, 11) is 1.41. The molecule has 5 nitrogen and oxygen atoms in total. The van der Waals surface area contributed by atoms with Gasteiger partial charge in [0.15, 0.2) is 0 Å². The SMILES string of the molecule is COC(=O)Cc1ccc(CNCC2COCCO2)s1. The summed E-state index contributed by atoms with van der Waals surface area (Å²) in [5.74, 6) is -0.200. The van der Waals surface area contributed by atoms with Gasteiger partial charge in [0, 0.05) is 22.8 Å². The lowest BCUT2D eigenvalue weighted by Crippen LogP contribution is -2.37. The van der Waals surface area contributed by atoms with Crippen LogP contribution in [0.1, 0.15) is 9.75 Å². The third kappa shape index (κ3) is 4.91. The summed E-state index contributed by atoms with van der Waals surface area (Å²) in [5.41, 5.74) is 0. The van der Waals surface area contributed by atoms with Crippen molar-refractivity contribution in [1.82, 2.24) is 5.32 Å². The average molecular weight is 285 g/mol. The second-order valence-electron chi connectivity index (χ2n) is 4.32. The zero-order valence-electron chi connectivity index (χ0n) is 11.0. The summed E-state index contributed by atoms with van der Waals surface area (Å²) in [6.07, 6.45) is 0.490. The van der Waals surface area contributed by atoms with Crippen molar-refractivity contribution in [3.63, 3.8) is 0 Å². The fourth-order valence-corrected chi connectivity index (χ4v) is 2.81. The Morgan fingerprint density at radius 3 is 3.05 bits per heavy atom. The summed E-state index contributed by atoms with van der Waals surface area (Å²) in [6, 6.07) is 4.01. The lowest BCUT2D eigenvalue weighted by atomic mass is 10.3. The average Bonchev–Trinajstić information content (AvgIpc) is 2.87. The number of hydrogen-bond donors (Lipinski definition) is 1. The molecule has 1 saturated heterocycles. The maximum Gasteiger partial charge on any atom is 0.310 e. The molecule has 2 heterocycles. The number of carbonyl (C=O) groups excluding carboxylic acids is 1. The van der Waals surface area contributed by atoms with Crippen LogP contribution < -0.4 is 5.32 Å². The zero-order valence-corrected chi connectivity index (χ0v) is 11.8. The maximum absolute atomic E-state index is 11.1. The fourth-order valence-electron chi connectivity index (χ4n) is 1.84.